The van der Waals surface area contributed by atoms with Crippen LogP contribution in [-0.2, 0) is 4.79 Å². The fraction of sp³-hybridized carbons (Fsp3) is 0.562. The van der Waals surface area contributed by atoms with Crippen LogP contribution in [0.2, 0.25) is 0 Å². The van der Waals surface area contributed by atoms with Crippen LogP contribution < -0.4 is 10.1 Å². The molecule has 2 heterocycles. The highest BCUT2D eigenvalue weighted by Gasteiger charge is 2.34. The van der Waals surface area contributed by atoms with Crippen molar-refractivity contribution in [2.45, 2.75) is 24.1 Å². The number of carbonyl (C=O) groups excluding carboxylic acids is 1. The van der Waals surface area contributed by atoms with Crippen molar-refractivity contribution in [3.8, 4) is 5.75 Å². The van der Waals surface area contributed by atoms with Gasteiger partial charge in [-0.3, -0.25) is 4.79 Å². The molecule has 2 aliphatic rings. The summed E-state index contributed by atoms with van der Waals surface area (Å²) in [5.41, 5.74) is 1.10. The van der Waals surface area contributed by atoms with Crippen LogP contribution in [0.4, 0.5) is 0 Å². The molecular weight excluding hydrogens is 320 g/mol. The fourth-order valence-electron chi connectivity index (χ4n) is 3.15. The van der Waals surface area contributed by atoms with E-state index in [0.717, 1.165) is 49.5 Å². The molecule has 0 aliphatic carbocycles. The summed E-state index contributed by atoms with van der Waals surface area (Å²) in [5.74, 6) is 2.28. The van der Waals surface area contributed by atoms with Crippen molar-refractivity contribution in [1.82, 2.24) is 10.2 Å². The minimum absolute atomic E-state index is 0. The number of thioether (sulfide) groups is 1. The number of para-hydroxylation sites is 1. The number of piperazine rings is 1. The van der Waals surface area contributed by atoms with E-state index in [1.54, 1.807) is 7.11 Å². The molecule has 1 aromatic carbocycles. The summed E-state index contributed by atoms with van der Waals surface area (Å²) in [7, 11) is 1.69. The number of rotatable bonds is 3. The maximum Gasteiger partial charge on any atom is 0.236 e. The van der Waals surface area contributed by atoms with Crippen LogP contribution in [-0.4, -0.2) is 48.6 Å². The molecule has 0 spiro atoms. The molecule has 2 atom stereocenters. The van der Waals surface area contributed by atoms with Crippen LogP contribution in [0, 0.1) is 0 Å². The first-order valence-electron chi connectivity index (χ1n) is 7.57. The number of methoxy groups -OCH3 is 1. The topological polar surface area (TPSA) is 41.6 Å². The van der Waals surface area contributed by atoms with Gasteiger partial charge in [-0.2, -0.15) is 0 Å². The molecule has 2 fully saturated rings. The monoisotopic (exact) mass is 342 g/mol. The summed E-state index contributed by atoms with van der Waals surface area (Å²) in [5, 5.41) is 3.56. The van der Waals surface area contributed by atoms with Crippen LogP contribution in [0.25, 0.3) is 0 Å². The maximum absolute atomic E-state index is 12.8. The Hall–Kier alpha value is -0.910. The summed E-state index contributed by atoms with van der Waals surface area (Å²) in [4.78, 5) is 14.9. The second kappa shape index (κ2) is 8.09. The number of ether oxygens (including phenoxy) is 1. The Morgan fingerprint density at radius 2 is 2.23 bits per heavy atom. The molecule has 0 bridgehead atoms. The van der Waals surface area contributed by atoms with Gasteiger partial charge in [0, 0.05) is 25.2 Å². The molecule has 2 saturated heterocycles. The van der Waals surface area contributed by atoms with Gasteiger partial charge in [0.25, 0.3) is 0 Å². The van der Waals surface area contributed by atoms with Gasteiger partial charge in [-0.25, -0.2) is 0 Å². The number of halogens is 1. The van der Waals surface area contributed by atoms with Crippen LogP contribution in [0.1, 0.15) is 24.4 Å². The van der Waals surface area contributed by atoms with E-state index < -0.39 is 0 Å². The van der Waals surface area contributed by atoms with Gasteiger partial charge in [0.1, 0.15) is 5.75 Å². The van der Waals surface area contributed by atoms with Gasteiger partial charge in [0.15, 0.2) is 0 Å². The lowest BCUT2D eigenvalue weighted by Crippen LogP contribution is -2.51. The average molecular weight is 343 g/mol. The highest BCUT2D eigenvalue weighted by molar-refractivity contribution is 8.00. The Labute approximate surface area is 142 Å². The van der Waals surface area contributed by atoms with Gasteiger partial charge in [-0.15, -0.1) is 24.2 Å². The third-order valence-corrected chi connectivity index (χ3v) is 5.59. The highest BCUT2D eigenvalue weighted by Crippen LogP contribution is 2.34. The largest absolute Gasteiger partial charge is 0.496 e. The van der Waals surface area contributed by atoms with E-state index >= 15 is 0 Å². The molecule has 6 heteroatoms. The van der Waals surface area contributed by atoms with E-state index in [0.29, 0.717) is 5.91 Å². The normalized spacial score (nSPS) is 24.7. The summed E-state index contributed by atoms with van der Waals surface area (Å²) >= 11 is 1.81. The lowest BCUT2D eigenvalue weighted by Gasteiger charge is -2.38. The number of nitrogens with one attached hydrogen (secondary N) is 1. The minimum Gasteiger partial charge on any atom is -0.496 e. The first-order valence-corrected chi connectivity index (χ1v) is 8.62. The molecule has 1 aromatic rings. The Bertz CT molecular complexity index is 509. The Morgan fingerprint density at radius 1 is 1.41 bits per heavy atom. The SMILES string of the molecule is COc1ccccc1C1CNCCN1C(=O)C1CCCS1.Cl. The second-order valence-corrected chi connectivity index (χ2v) is 6.81. The molecule has 0 saturated carbocycles. The first-order chi connectivity index (χ1) is 10.3. The maximum atomic E-state index is 12.8. The van der Waals surface area contributed by atoms with Crippen LogP contribution in [0.5, 0.6) is 5.75 Å². The van der Waals surface area contributed by atoms with Crippen LogP contribution in [0.3, 0.4) is 0 Å². The lowest BCUT2D eigenvalue weighted by molar-refractivity contribution is -0.134. The number of hydrogen-bond acceptors (Lipinski definition) is 4. The van der Waals surface area contributed by atoms with Crippen molar-refractivity contribution < 1.29 is 9.53 Å². The quantitative estimate of drug-likeness (QED) is 0.916. The summed E-state index contributed by atoms with van der Waals surface area (Å²) < 4.78 is 5.48. The molecule has 1 amide bonds. The van der Waals surface area contributed by atoms with Crippen molar-refractivity contribution >= 4 is 30.1 Å². The molecule has 1 N–H and O–H groups in total. The molecule has 4 nitrogen and oxygen atoms in total. The smallest absolute Gasteiger partial charge is 0.236 e. The van der Waals surface area contributed by atoms with Crippen molar-refractivity contribution in [3.05, 3.63) is 29.8 Å². The number of benzene rings is 1. The van der Waals surface area contributed by atoms with Crippen LogP contribution in [0.15, 0.2) is 24.3 Å². The zero-order valence-electron chi connectivity index (χ0n) is 12.8. The molecule has 0 aromatic heterocycles. The Balaban J connectivity index is 0.00000176. The van der Waals surface area contributed by atoms with Crippen LogP contribution >= 0.6 is 24.2 Å². The van der Waals surface area contributed by atoms with E-state index in [1.165, 1.54) is 0 Å². The van der Waals surface area contributed by atoms with Gasteiger partial charge < -0.3 is 15.0 Å². The number of carbonyl (C=O) groups is 1. The number of hydrogen-bond donors (Lipinski definition) is 1. The molecule has 0 radical (unpaired) electrons. The summed E-state index contributed by atoms with van der Waals surface area (Å²) in [6.07, 6.45) is 2.18. The summed E-state index contributed by atoms with van der Waals surface area (Å²) in [6, 6.07) is 8.09. The number of amides is 1. The van der Waals surface area contributed by atoms with Gasteiger partial charge in [0.05, 0.1) is 18.4 Å². The minimum atomic E-state index is 0. The lowest BCUT2D eigenvalue weighted by atomic mass is 10.0. The van der Waals surface area contributed by atoms with E-state index in [4.69, 9.17) is 4.74 Å². The molecule has 2 aliphatic heterocycles. The fourth-order valence-corrected chi connectivity index (χ4v) is 4.37. The zero-order valence-corrected chi connectivity index (χ0v) is 14.4. The average Bonchev–Trinajstić information content (AvgIpc) is 3.08. The molecular formula is C16H23ClN2O2S. The highest BCUT2D eigenvalue weighted by atomic mass is 35.5. The third kappa shape index (κ3) is 3.53. The van der Waals surface area contributed by atoms with Crippen molar-refractivity contribution in [2.75, 3.05) is 32.5 Å². The summed E-state index contributed by atoms with van der Waals surface area (Å²) in [6.45, 7) is 2.44. The van der Waals surface area contributed by atoms with Gasteiger partial charge in [-0.05, 0) is 24.7 Å². The van der Waals surface area contributed by atoms with Crippen molar-refractivity contribution in [3.63, 3.8) is 0 Å². The van der Waals surface area contributed by atoms with Gasteiger partial charge >= 0.3 is 0 Å². The predicted molar refractivity (Wildman–Crippen MR) is 93.0 cm³/mol. The van der Waals surface area contributed by atoms with Crippen molar-refractivity contribution in [2.24, 2.45) is 0 Å². The predicted octanol–water partition coefficient (Wildman–Crippen LogP) is 2.49. The van der Waals surface area contributed by atoms with Crippen molar-refractivity contribution in [1.29, 1.82) is 0 Å². The van der Waals surface area contributed by atoms with E-state index in [9.17, 15) is 4.79 Å². The van der Waals surface area contributed by atoms with E-state index in [1.807, 2.05) is 30.0 Å². The molecule has 122 valence electrons. The molecule has 3 rings (SSSR count). The molecule has 22 heavy (non-hydrogen) atoms. The van der Waals surface area contributed by atoms with Gasteiger partial charge in [-0.1, -0.05) is 18.2 Å². The Morgan fingerprint density at radius 3 is 2.95 bits per heavy atom. The Kier molecular flexibility index (Phi) is 6.41. The number of nitrogens with zero attached hydrogens (tertiary/aromatic N) is 1. The van der Waals surface area contributed by atoms with E-state index in [-0.39, 0.29) is 23.7 Å². The molecule has 2 unspecified atom stereocenters. The van der Waals surface area contributed by atoms with E-state index in [2.05, 4.69) is 16.3 Å². The second-order valence-electron chi connectivity index (χ2n) is 5.50. The van der Waals surface area contributed by atoms with Gasteiger partial charge in [0.2, 0.25) is 5.91 Å². The third-order valence-electron chi connectivity index (χ3n) is 4.23. The zero-order chi connectivity index (χ0) is 14.7. The first kappa shape index (κ1) is 17.4. The standard InChI is InChI=1S/C16H22N2O2S.ClH/c1-20-14-6-3-2-5-12(14)13-11-17-8-9-18(13)16(19)15-7-4-10-21-15;/h2-3,5-6,13,15,17H,4,7-11H2,1H3;1H.